The summed E-state index contributed by atoms with van der Waals surface area (Å²) in [6.07, 6.45) is -4.30. The fraction of sp³-hybridized carbons (Fsp3) is 0.471. The fourth-order valence-corrected chi connectivity index (χ4v) is 7.27. The average Bonchev–Trinajstić information content (AvgIpc) is 3.59. The molecule has 0 N–H and O–H groups in total. The van der Waals surface area contributed by atoms with Gasteiger partial charge in [0.05, 0.1) is 17.3 Å². The molecule has 3 atom stereocenters. The van der Waals surface area contributed by atoms with Crippen LogP contribution in [0.2, 0.25) is 0 Å². The highest BCUT2D eigenvalue weighted by Crippen LogP contribution is 2.37. The van der Waals surface area contributed by atoms with E-state index >= 15 is 0 Å². The van der Waals surface area contributed by atoms with Crippen molar-refractivity contribution in [2.24, 2.45) is 0 Å². The summed E-state index contributed by atoms with van der Waals surface area (Å²) in [4.78, 5) is 42.2. The van der Waals surface area contributed by atoms with Gasteiger partial charge in [-0.05, 0) is 61.6 Å². The van der Waals surface area contributed by atoms with E-state index in [-0.39, 0.29) is 42.7 Å². The normalized spacial score (nSPS) is 22.6. The molecule has 6 rings (SSSR count). The molecule has 3 fully saturated rings. The molecule has 3 saturated heterocycles. The number of aromatic nitrogens is 2. The van der Waals surface area contributed by atoms with Crippen LogP contribution in [0, 0.1) is 11.6 Å². The molecule has 1 aromatic heterocycles. The number of piperidine rings is 1. The van der Waals surface area contributed by atoms with Gasteiger partial charge in [-0.25, -0.2) is 13.8 Å². The highest BCUT2D eigenvalue weighted by atomic mass is 19.4. The molecular formula is C34H34F8N6O2. The zero-order valence-corrected chi connectivity index (χ0v) is 26.7. The summed E-state index contributed by atoms with van der Waals surface area (Å²) in [7, 11) is 0. The molecule has 0 saturated carbocycles. The van der Waals surface area contributed by atoms with Crippen molar-refractivity contribution in [1.29, 1.82) is 0 Å². The molecule has 0 bridgehead atoms. The number of alkyl halides is 6. The van der Waals surface area contributed by atoms with Crippen LogP contribution >= 0.6 is 0 Å². The van der Waals surface area contributed by atoms with Gasteiger partial charge in [-0.1, -0.05) is 6.07 Å². The lowest BCUT2D eigenvalue weighted by atomic mass is 9.90. The SMILES string of the molecule is O=C(c1cnccn1)N1CC[C@H](N2CCN([C@@H]3CCN(C(=O)c4cc(C(F)(F)F)cc(C(F)(F)F)c4)[C@@H](Cc4ccc(F)c(F)c4)C3)CC2)C1. The number of nitrogens with zero attached hydrogens (tertiary/aromatic N) is 6. The van der Waals surface area contributed by atoms with Crippen molar-refractivity contribution < 1.29 is 44.7 Å². The van der Waals surface area contributed by atoms with Crippen molar-refractivity contribution >= 4 is 11.8 Å². The van der Waals surface area contributed by atoms with Crippen molar-refractivity contribution in [2.75, 3.05) is 45.8 Å². The molecule has 0 unspecified atom stereocenters. The van der Waals surface area contributed by atoms with Crippen LogP contribution in [0.1, 0.15) is 56.8 Å². The molecule has 50 heavy (non-hydrogen) atoms. The van der Waals surface area contributed by atoms with Gasteiger partial charge in [-0.15, -0.1) is 0 Å². The Labute approximate surface area is 282 Å². The van der Waals surface area contributed by atoms with Crippen molar-refractivity contribution in [3.63, 3.8) is 0 Å². The predicted molar refractivity (Wildman–Crippen MR) is 164 cm³/mol. The molecular weight excluding hydrogens is 676 g/mol. The van der Waals surface area contributed by atoms with Crippen molar-refractivity contribution in [2.45, 2.75) is 56.2 Å². The van der Waals surface area contributed by atoms with Crippen LogP contribution in [-0.4, -0.2) is 105 Å². The molecule has 16 heteroatoms. The minimum absolute atomic E-state index is 0.0161. The van der Waals surface area contributed by atoms with Gasteiger partial charge in [0, 0.05) is 81.9 Å². The first-order valence-electron chi connectivity index (χ1n) is 16.2. The Hall–Kier alpha value is -4.18. The van der Waals surface area contributed by atoms with Gasteiger partial charge >= 0.3 is 12.4 Å². The van der Waals surface area contributed by atoms with Gasteiger partial charge in [-0.2, -0.15) is 26.3 Å². The number of halogens is 8. The largest absolute Gasteiger partial charge is 0.416 e. The standard InChI is InChI=1S/C34H34F8N6O2/c35-28-2-1-21(14-29(28)36)13-27-18-25(4-8-48(27)31(49)22-15-23(33(37,38)39)17-24(16-22)34(40,41)42)45-9-11-46(12-10-45)26-3-7-47(20-26)32(50)30-19-43-5-6-44-30/h1-2,5-6,14-17,19,25-27H,3-4,7-13,18,20H2/t25-,26+,27+/m1/s1. The summed E-state index contributed by atoms with van der Waals surface area (Å²) in [6, 6.07) is 3.43. The first-order valence-corrected chi connectivity index (χ1v) is 16.2. The zero-order valence-electron chi connectivity index (χ0n) is 26.7. The number of likely N-dealkylation sites (tertiary alicyclic amines) is 2. The van der Waals surface area contributed by atoms with Crippen LogP contribution in [-0.2, 0) is 18.8 Å². The van der Waals surface area contributed by atoms with Gasteiger partial charge < -0.3 is 9.80 Å². The molecule has 2 aromatic carbocycles. The summed E-state index contributed by atoms with van der Waals surface area (Å²) in [5.41, 5.74) is -3.32. The first-order chi connectivity index (χ1) is 23.7. The van der Waals surface area contributed by atoms with Gasteiger partial charge in [0.15, 0.2) is 11.6 Å². The lowest BCUT2D eigenvalue weighted by Crippen LogP contribution is -2.58. The van der Waals surface area contributed by atoms with E-state index in [1.54, 1.807) is 4.90 Å². The number of hydrogen-bond donors (Lipinski definition) is 0. The lowest BCUT2D eigenvalue weighted by Gasteiger charge is -2.47. The topological polar surface area (TPSA) is 72.9 Å². The molecule has 8 nitrogen and oxygen atoms in total. The fourth-order valence-electron chi connectivity index (χ4n) is 7.27. The third kappa shape index (κ3) is 7.90. The van der Waals surface area contributed by atoms with Crippen molar-refractivity contribution in [1.82, 2.24) is 29.6 Å². The molecule has 0 radical (unpaired) electrons. The van der Waals surface area contributed by atoms with E-state index < -0.39 is 52.6 Å². The third-order valence-electron chi connectivity index (χ3n) is 9.85. The van der Waals surface area contributed by atoms with Gasteiger partial charge in [-0.3, -0.25) is 24.4 Å². The minimum Gasteiger partial charge on any atom is -0.336 e. The Morgan fingerprint density at radius 3 is 1.98 bits per heavy atom. The molecule has 3 aromatic rings. The second kappa shape index (κ2) is 14.2. The number of piperazine rings is 1. The number of carbonyl (C=O) groups excluding carboxylic acids is 2. The van der Waals surface area contributed by atoms with Gasteiger partial charge in [0.2, 0.25) is 0 Å². The van der Waals surface area contributed by atoms with E-state index in [0.29, 0.717) is 69.8 Å². The van der Waals surface area contributed by atoms with Gasteiger partial charge in [0.1, 0.15) is 5.69 Å². The van der Waals surface area contributed by atoms with E-state index in [4.69, 9.17) is 0 Å². The molecule has 0 spiro atoms. The summed E-state index contributed by atoms with van der Waals surface area (Å²) in [5, 5.41) is 0. The number of benzene rings is 2. The summed E-state index contributed by atoms with van der Waals surface area (Å²) in [6.45, 7) is 3.91. The van der Waals surface area contributed by atoms with E-state index in [1.807, 2.05) is 0 Å². The molecule has 0 aliphatic carbocycles. The van der Waals surface area contributed by atoms with Crippen LogP contribution in [0.25, 0.3) is 0 Å². The van der Waals surface area contributed by atoms with Crippen LogP contribution in [0.5, 0.6) is 0 Å². The monoisotopic (exact) mass is 710 g/mol. The van der Waals surface area contributed by atoms with Crippen LogP contribution < -0.4 is 0 Å². The molecule has 2 amide bonds. The average molecular weight is 711 g/mol. The maximum atomic E-state index is 14.1. The van der Waals surface area contributed by atoms with E-state index in [0.717, 1.165) is 18.6 Å². The Kier molecular flexibility index (Phi) is 10.1. The predicted octanol–water partition coefficient (Wildman–Crippen LogP) is 5.54. The molecule has 3 aliphatic heterocycles. The van der Waals surface area contributed by atoms with Crippen LogP contribution in [0.4, 0.5) is 35.1 Å². The number of carbonyl (C=O) groups is 2. The molecule has 3 aliphatic rings. The van der Waals surface area contributed by atoms with Crippen molar-refractivity contribution in [3.8, 4) is 0 Å². The summed E-state index contributed by atoms with van der Waals surface area (Å²) >= 11 is 0. The first kappa shape index (κ1) is 35.6. The Morgan fingerprint density at radius 1 is 0.740 bits per heavy atom. The smallest absolute Gasteiger partial charge is 0.336 e. The summed E-state index contributed by atoms with van der Waals surface area (Å²) in [5.74, 6) is -3.36. The number of hydrogen-bond acceptors (Lipinski definition) is 6. The highest BCUT2D eigenvalue weighted by Gasteiger charge is 2.41. The maximum absolute atomic E-state index is 14.1. The van der Waals surface area contributed by atoms with E-state index in [2.05, 4.69) is 19.8 Å². The Morgan fingerprint density at radius 2 is 1.38 bits per heavy atom. The lowest BCUT2D eigenvalue weighted by molar-refractivity contribution is -0.143. The third-order valence-corrected chi connectivity index (χ3v) is 9.85. The van der Waals surface area contributed by atoms with E-state index in [1.165, 1.54) is 29.6 Å². The number of amides is 2. The van der Waals surface area contributed by atoms with E-state index in [9.17, 15) is 44.7 Å². The zero-order chi connectivity index (χ0) is 35.8. The second-order valence-corrected chi connectivity index (χ2v) is 12.9. The maximum Gasteiger partial charge on any atom is 0.416 e. The minimum atomic E-state index is -5.13. The van der Waals surface area contributed by atoms with Crippen LogP contribution in [0.3, 0.4) is 0 Å². The molecule has 4 heterocycles. The molecule has 268 valence electrons. The van der Waals surface area contributed by atoms with Crippen molar-refractivity contribution in [3.05, 3.63) is 94.6 Å². The quantitative estimate of drug-likeness (QED) is 0.313. The number of rotatable bonds is 6. The Bertz CT molecular complexity index is 1660. The Balaban J connectivity index is 1.16. The summed E-state index contributed by atoms with van der Waals surface area (Å²) < 4.78 is 109. The second-order valence-electron chi connectivity index (χ2n) is 12.9. The highest BCUT2D eigenvalue weighted by molar-refractivity contribution is 5.95. The van der Waals surface area contributed by atoms with Gasteiger partial charge in [0.25, 0.3) is 11.8 Å². The van der Waals surface area contributed by atoms with Crippen LogP contribution in [0.15, 0.2) is 55.0 Å².